The lowest BCUT2D eigenvalue weighted by Gasteiger charge is -2.37. The van der Waals surface area contributed by atoms with E-state index in [1.165, 1.54) is 16.8 Å². The Morgan fingerprint density at radius 2 is 1.69 bits per heavy atom. The van der Waals surface area contributed by atoms with Crippen LogP contribution in [0.3, 0.4) is 0 Å². The van der Waals surface area contributed by atoms with E-state index < -0.39 is 0 Å². The molecule has 2 aliphatic rings. The van der Waals surface area contributed by atoms with Crippen LogP contribution in [0.4, 0.5) is 10.5 Å². The molecule has 2 aromatic rings. The number of piperidine rings is 1. The molecule has 6 nitrogen and oxygen atoms in total. The second kappa shape index (κ2) is 9.63. The molecule has 2 fully saturated rings. The predicted molar refractivity (Wildman–Crippen MR) is 128 cm³/mol. The summed E-state index contributed by atoms with van der Waals surface area (Å²) < 4.78 is 0. The van der Waals surface area contributed by atoms with Crippen molar-refractivity contribution in [3.63, 3.8) is 0 Å². The van der Waals surface area contributed by atoms with Crippen molar-refractivity contribution in [2.24, 2.45) is 0 Å². The molecule has 6 heteroatoms. The van der Waals surface area contributed by atoms with Gasteiger partial charge in [0, 0.05) is 63.5 Å². The van der Waals surface area contributed by atoms with Crippen molar-refractivity contribution in [2.45, 2.75) is 32.6 Å². The zero-order valence-electron chi connectivity index (χ0n) is 19.4. The standard InChI is InChI=1S/C26H34N4O2/c1-19-7-4-11-24(20(19)2)28-13-15-29(16-14-28)25(31)22-9-5-8-21(17-22)23-10-6-12-30(18-23)26(32)27-3/h4-5,7-9,11,17,23H,6,10,12-16,18H2,1-3H3,(H,27,32)/t23-/m1/s1. The quantitative estimate of drug-likeness (QED) is 0.800. The van der Waals surface area contributed by atoms with E-state index in [-0.39, 0.29) is 17.9 Å². The van der Waals surface area contributed by atoms with E-state index in [2.05, 4.69) is 48.3 Å². The van der Waals surface area contributed by atoms with E-state index >= 15 is 0 Å². The van der Waals surface area contributed by atoms with Crippen LogP contribution in [0, 0.1) is 13.8 Å². The lowest BCUT2D eigenvalue weighted by molar-refractivity contribution is 0.0746. The summed E-state index contributed by atoms with van der Waals surface area (Å²) in [5, 5.41) is 2.72. The number of urea groups is 1. The van der Waals surface area contributed by atoms with Crippen LogP contribution in [0.25, 0.3) is 0 Å². The third-order valence-electron chi connectivity index (χ3n) is 7.01. The zero-order chi connectivity index (χ0) is 22.7. The number of hydrogen-bond acceptors (Lipinski definition) is 3. The molecule has 170 valence electrons. The third-order valence-corrected chi connectivity index (χ3v) is 7.01. The second-order valence-electron chi connectivity index (χ2n) is 8.96. The maximum absolute atomic E-state index is 13.3. The Bertz CT molecular complexity index is 982. The van der Waals surface area contributed by atoms with Gasteiger partial charge in [0.15, 0.2) is 0 Å². The van der Waals surface area contributed by atoms with Gasteiger partial charge in [-0.2, -0.15) is 0 Å². The van der Waals surface area contributed by atoms with Crippen molar-refractivity contribution in [3.8, 4) is 0 Å². The summed E-state index contributed by atoms with van der Waals surface area (Å²) in [6.45, 7) is 8.95. The van der Waals surface area contributed by atoms with Gasteiger partial charge in [0.05, 0.1) is 0 Å². The Balaban J connectivity index is 1.41. The number of benzene rings is 2. The van der Waals surface area contributed by atoms with Gasteiger partial charge < -0.3 is 20.0 Å². The fourth-order valence-corrected chi connectivity index (χ4v) is 4.93. The highest BCUT2D eigenvalue weighted by atomic mass is 16.2. The lowest BCUT2D eigenvalue weighted by Crippen LogP contribution is -2.49. The van der Waals surface area contributed by atoms with Gasteiger partial charge in [-0.3, -0.25) is 4.79 Å². The van der Waals surface area contributed by atoms with Crippen LogP contribution < -0.4 is 10.2 Å². The lowest BCUT2D eigenvalue weighted by atomic mass is 9.89. The number of aryl methyl sites for hydroxylation is 1. The number of carbonyl (C=O) groups excluding carboxylic acids is 2. The number of nitrogens with zero attached hydrogens (tertiary/aromatic N) is 3. The number of piperazine rings is 1. The number of anilines is 1. The Morgan fingerprint density at radius 3 is 2.44 bits per heavy atom. The van der Waals surface area contributed by atoms with E-state index in [0.29, 0.717) is 6.54 Å². The van der Waals surface area contributed by atoms with Crippen molar-refractivity contribution in [3.05, 3.63) is 64.7 Å². The molecule has 2 heterocycles. The first kappa shape index (κ1) is 22.2. The normalized spacial score (nSPS) is 19.1. The Labute approximate surface area is 191 Å². The highest BCUT2D eigenvalue weighted by Gasteiger charge is 2.26. The molecule has 0 unspecified atom stereocenters. The summed E-state index contributed by atoms with van der Waals surface area (Å²) in [6, 6.07) is 14.4. The van der Waals surface area contributed by atoms with E-state index in [1.54, 1.807) is 7.05 Å². The second-order valence-corrected chi connectivity index (χ2v) is 8.96. The summed E-state index contributed by atoms with van der Waals surface area (Å²) in [5.74, 6) is 0.376. The molecular weight excluding hydrogens is 400 g/mol. The van der Waals surface area contributed by atoms with Crippen LogP contribution in [-0.2, 0) is 0 Å². The molecular formula is C26H34N4O2. The Morgan fingerprint density at radius 1 is 0.938 bits per heavy atom. The van der Waals surface area contributed by atoms with Crippen molar-refractivity contribution in [1.82, 2.24) is 15.1 Å². The maximum atomic E-state index is 13.3. The van der Waals surface area contributed by atoms with Crippen LogP contribution in [-0.4, -0.2) is 68.1 Å². The first-order valence-electron chi connectivity index (χ1n) is 11.6. The molecule has 1 atom stereocenters. The smallest absolute Gasteiger partial charge is 0.317 e. The fraction of sp³-hybridized carbons (Fsp3) is 0.462. The van der Waals surface area contributed by atoms with Crippen molar-refractivity contribution >= 4 is 17.6 Å². The Hall–Kier alpha value is -3.02. The molecule has 1 N–H and O–H groups in total. The average molecular weight is 435 g/mol. The molecule has 0 spiro atoms. The molecule has 3 amide bonds. The summed E-state index contributed by atoms with van der Waals surface area (Å²) in [7, 11) is 1.67. The SMILES string of the molecule is CNC(=O)N1CCC[C@@H](c2cccc(C(=O)N3CCN(c4cccc(C)c4C)CC3)c2)C1. The fourth-order valence-electron chi connectivity index (χ4n) is 4.93. The number of carbonyl (C=O) groups is 2. The third kappa shape index (κ3) is 4.59. The highest BCUT2D eigenvalue weighted by molar-refractivity contribution is 5.94. The van der Waals surface area contributed by atoms with Crippen molar-refractivity contribution in [1.29, 1.82) is 0 Å². The monoisotopic (exact) mass is 434 g/mol. The molecule has 0 saturated carbocycles. The van der Waals surface area contributed by atoms with Gasteiger partial charge in [0.1, 0.15) is 0 Å². The minimum Gasteiger partial charge on any atom is -0.368 e. The minimum atomic E-state index is -0.0244. The highest BCUT2D eigenvalue weighted by Crippen LogP contribution is 2.28. The largest absolute Gasteiger partial charge is 0.368 e. The number of nitrogens with one attached hydrogen (secondary N) is 1. The molecule has 32 heavy (non-hydrogen) atoms. The van der Waals surface area contributed by atoms with Crippen molar-refractivity contribution < 1.29 is 9.59 Å². The molecule has 0 aromatic heterocycles. The van der Waals surface area contributed by atoms with Gasteiger partial charge >= 0.3 is 6.03 Å². The number of hydrogen-bond donors (Lipinski definition) is 1. The van der Waals surface area contributed by atoms with E-state index in [9.17, 15) is 9.59 Å². The number of likely N-dealkylation sites (tertiary alicyclic amines) is 1. The molecule has 2 saturated heterocycles. The summed E-state index contributed by atoms with van der Waals surface area (Å²) in [4.78, 5) is 31.5. The summed E-state index contributed by atoms with van der Waals surface area (Å²) in [6.07, 6.45) is 2.02. The van der Waals surface area contributed by atoms with Crippen molar-refractivity contribution in [2.75, 3.05) is 51.2 Å². The van der Waals surface area contributed by atoms with Gasteiger partial charge in [-0.25, -0.2) is 4.79 Å². The molecule has 0 radical (unpaired) electrons. The van der Waals surface area contributed by atoms with E-state index in [4.69, 9.17) is 0 Å². The maximum Gasteiger partial charge on any atom is 0.317 e. The molecule has 2 aliphatic heterocycles. The summed E-state index contributed by atoms with van der Waals surface area (Å²) >= 11 is 0. The van der Waals surface area contributed by atoms with Crippen LogP contribution in [0.15, 0.2) is 42.5 Å². The van der Waals surface area contributed by atoms with Gasteiger partial charge in [0.2, 0.25) is 0 Å². The van der Waals surface area contributed by atoms with Gasteiger partial charge in [-0.15, -0.1) is 0 Å². The van der Waals surface area contributed by atoms with Crippen LogP contribution >= 0.6 is 0 Å². The first-order chi connectivity index (χ1) is 15.5. The Kier molecular flexibility index (Phi) is 6.68. The van der Waals surface area contributed by atoms with Gasteiger partial charge in [-0.05, 0) is 61.6 Å². The van der Waals surface area contributed by atoms with Gasteiger partial charge in [0.25, 0.3) is 5.91 Å². The van der Waals surface area contributed by atoms with E-state index in [1.807, 2.05) is 28.0 Å². The van der Waals surface area contributed by atoms with Crippen LogP contribution in [0.1, 0.15) is 45.8 Å². The van der Waals surface area contributed by atoms with Crippen LogP contribution in [0.2, 0.25) is 0 Å². The minimum absolute atomic E-state index is 0.0244. The number of amides is 3. The van der Waals surface area contributed by atoms with E-state index in [0.717, 1.165) is 56.7 Å². The molecule has 4 rings (SSSR count). The summed E-state index contributed by atoms with van der Waals surface area (Å²) in [5.41, 5.74) is 5.80. The zero-order valence-corrected chi connectivity index (χ0v) is 19.4. The van der Waals surface area contributed by atoms with Gasteiger partial charge in [-0.1, -0.05) is 24.3 Å². The molecule has 2 aromatic carbocycles. The molecule has 0 bridgehead atoms. The predicted octanol–water partition coefficient (Wildman–Crippen LogP) is 3.78. The topological polar surface area (TPSA) is 55.9 Å². The number of rotatable bonds is 3. The molecule has 0 aliphatic carbocycles. The average Bonchev–Trinajstić information content (AvgIpc) is 2.85. The van der Waals surface area contributed by atoms with Crippen LogP contribution in [0.5, 0.6) is 0 Å². The first-order valence-corrected chi connectivity index (χ1v) is 11.6.